The molecule has 1 aromatic carbocycles. The fourth-order valence-electron chi connectivity index (χ4n) is 3.27. The van der Waals surface area contributed by atoms with E-state index in [0.717, 1.165) is 0 Å². The maximum atomic E-state index is 12.4. The summed E-state index contributed by atoms with van der Waals surface area (Å²) in [6, 6.07) is 4.75. The van der Waals surface area contributed by atoms with Crippen LogP contribution in [0.2, 0.25) is 5.02 Å². The molecule has 2 aromatic rings. The van der Waals surface area contributed by atoms with Crippen molar-refractivity contribution in [2.75, 3.05) is 32.2 Å². The highest BCUT2D eigenvalue weighted by Gasteiger charge is 2.27. The summed E-state index contributed by atoms with van der Waals surface area (Å²) in [5.41, 5.74) is 1.14. The summed E-state index contributed by atoms with van der Waals surface area (Å²) in [6.07, 6.45) is 1.40. The molecule has 0 amide bonds. The van der Waals surface area contributed by atoms with Gasteiger partial charge in [0.2, 0.25) is 0 Å². The van der Waals surface area contributed by atoms with Gasteiger partial charge in [-0.3, -0.25) is 4.79 Å². The second-order valence-electron chi connectivity index (χ2n) is 7.02. The minimum atomic E-state index is -1.25. The standard InChI is InChI=1S/C20H23ClN2O5/c1-11(2)17-10-28-19-7-15(22-4-5-27-3)14(21)6-12(19)16-8-18(24)13(20(25)26)9-23(16)17/h6-9,11,17,22H,4-5,10H2,1-3H3,(H,25,26)/t17-/m0/s1. The van der Waals surface area contributed by atoms with Crippen molar-refractivity contribution in [2.24, 2.45) is 5.92 Å². The summed E-state index contributed by atoms with van der Waals surface area (Å²) in [6.45, 7) is 5.51. The molecule has 0 aliphatic carbocycles. The smallest absolute Gasteiger partial charge is 0.341 e. The number of hydrogen-bond donors (Lipinski definition) is 2. The number of carboxylic acid groups (broad SMARTS) is 1. The molecule has 0 fully saturated rings. The molecule has 1 aromatic heterocycles. The summed E-state index contributed by atoms with van der Waals surface area (Å²) < 4.78 is 12.9. The quantitative estimate of drug-likeness (QED) is 0.713. The molecular weight excluding hydrogens is 384 g/mol. The molecule has 0 saturated carbocycles. The number of hydrogen-bond acceptors (Lipinski definition) is 5. The Morgan fingerprint density at radius 3 is 2.82 bits per heavy atom. The molecule has 2 N–H and O–H groups in total. The molecule has 150 valence electrons. The highest BCUT2D eigenvalue weighted by atomic mass is 35.5. The maximum Gasteiger partial charge on any atom is 0.341 e. The van der Waals surface area contributed by atoms with Gasteiger partial charge in [0.25, 0.3) is 0 Å². The number of nitrogens with zero attached hydrogens (tertiary/aromatic N) is 1. The van der Waals surface area contributed by atoms with Crippen LogP contribution in [0.1, 0.15) is 30.2 Å². The predicted octanol–water partition coefficient (Wildman–Crippen LogP) is 3.51. The molecule has 2 heterocycles. The third-order valence-electron chi connectivity index (χ3n) is 4.81. The molecule has 1 aliphatic rings. The number of nitrogens with one attached hydrogen (secondary N) is 1. The molecular formula is C20H23ClN2O5. The number of aromatic nitrogens is 1. The Bertz CT molecular complexity index is 954. The largest absolute Gasteiger partial charge is 0.491 e. The van der Waals surface area contributed by atoms with Crippen molar-refractivity contribution >= 4 is 23.3 Å². The molecule has 28 heavy (non-hydrogen) atoms. The first kappa shape index (κ1) is 20.2. The first-order valence-electron chi connectivity index (χ1n) is 9.02. The topological polar surface area (TPSA) is 89.8 Å². The lowest BCUT2D eigenvalue weighted by atomic mass is 10.0. The van der Waals surface area contributed by atoms with E-state index in [4.69, 9.17) is 21.1 Å². The molecule has 0 radical (unpaired) electrons. The van der Waals surface area contributed by atoms with Crippen LogP contribution in [0, 0.1) is 5.92 Å². The van der Waals surface area contributed by atoms with Crippen molar-refractivity contribution in [1.82, 2.24) is 4.57 Å². The van der Waals surface area contributed by atoms with E-state index in [9.17, 15) is 14.7 Å². The van der Waals surface area contributed by atoms with E-state index in [0.29, 0.717) is 47.5 Å². The summed E-state index contributed by atoms with van der Waals surface area (Å²) >= 11 is 6.44. The van der Waals surface area contributed by atoms with Gasteiger partial charge in [-0.05, 0) is 12.0 Å². The Balaban J connectivity index is 2.16. The first-order chi connectivity index (χ1) is 13.3. The Morgan fingerprint density at radius 2 is 2.18 bits per heavy atom. The van der Waals surface area contributed by atoms with Gasteiger partial charge in [-0.15, -0.1) is 0 Å². The van der Waals surface area contributed by atoms with Gasteiger partial charge in [-0.1, -0.05) is 25.4 Å². The van der Waals surface area contributed by atoms with Crippen LogP contribution in [-0.4, -0.2) is 42.5 Å². The third-order valence-corrected chi connectivity index (χ3v) is 5.13. The normalized spacial score (nSPS) is 15.4. The molecule has 0 saturated heterocycles. The number of carboxylic acids is 1. The number of methoxy groups -OCH3 is 1. The van der Waals surface area contributed by atoms with Crippen molar-refractivity contribution in [2.45, 2.75) is 19.9 Å². The van der Waals surface area contributed by atoms with Crippen LogP contribution >= 0.6 is 11.6 Å². The van der Waals surface area contributed by atoms with Gasteiger partial charge < -0.3 is 24.5 Å². The number of rotatable bonds is 6. The molecule has 0 unspecified atom stereocenters. The van der Waals surface area contributed by atoms with Crippen LogP contribution in [0.5, 0.6) is 5.75 Å². The molecule has 0 spiro atoms. The molecule has 1 aliphatic heterocycles. The van der Waals surface area contributed by atoms with E-state index in [2.05, 4.69) is 5.32 Å². The average molecular weight is 407 g/mol. The van der Waals surface area contributed by atoms with E-state index in [1.165, 1.54) is 12.3 Å². The van der Waals surface area contributed by atoms with E-state index >= 15 is 0 Å². The Kier molecular flexibility index (Phi) is 5.96. The summed E-state index contributed by atoms with van der Waals surface area (Å²) in [4.78, 5) is 23.8. The van der Waals surface area contributed by atoms with Gasteiger partial charge in [0.05, 0.1) is 29.1 Å². The fourth-order valence-corrected chi connectivity index (χ4v) is 3.50. The Morgan fingerprint density at radius 1 is 1.43 bits per heavy atom. The van der Waals surface area contributed by atoms with Gasteiger partial charge in [0.15, 0.2) is 5.43 Å². The number of halogens is 1. The van der Waals surface area contributed by atoms with Crippen molar-refractivity contribution in [3.63, 3.8) is 0 Å². The third kappa shape index (κ3) is 3.86. The van der Waals surface area contributed by atoms with Crippen molar-refractivity contribution in [3.05, 3.63) is 45.2 Å². The van der Waals surface area contributed by atoms with Crippen molar-refractivity contribution in [1.29, 1.82) is 0 Å². The molecule has 8 heteroatoms. The second kappa shape index (κ2) is 8.24. The molecule has 1 atom stereocenters. The average Bonchev–Trinajstić information content (AvgIpc) is 2.78. The lowest BCUT2D eigenvalue weighted by molar-refractivity contribution is 0.0694. The SMILES string of the molecule is COCCNc1cc2c(cc1Cl)-c1cc(=O)c(C(=O)O)cn1[C@H](C(C)C)CO2. The molecule has 7 nitrogen and oxygen atoms in total. The van der Waals surface area contributed by atoms with Gasteiger partial charge in [0.1, 0.15) is 17.9 Å². The number of anilines is 1. The van der Waals surface area contributed by atoms with Crippen molar-refractivity contribution in [3.8, 4) is 17.0 Å². The van der Waals surface area contributed by atoms with Crippen LogP contribution in [0.4, 0.5) is 5.69 Å². The lowest BCUT2D eigenvalue weighted by Gasteiger charge is -2.24. The number of aromatic carboxylic acids is 1. The van der Waals surface area contributed by atoms with Crippen LogP contribution in [-0.2, 0) is 4.74 Å². The van der Waals surface area contributed by atoms with Crippen LogP contribution < -0.4 is 15.5 Å². The first-order valence-corrected chi connectivity index (χ1v) is 9.40. The zero-order chi connectivity index (χ0) is 20.4. The molecule has 0 bridgehead atoms. The minimum absolute atomic E-state index is 0.134. The minimum Gasteiger partial charge on any atom is -0.491 e. The van der Waals surface area contributed by atoms with Crippen molar-refractivity contribution < 1.29 is 19.4 Å². The Labute approximate surface area is 167 Å². The Hall–Kier alpha value is -2.51. The van der Waals surface area contributed by atoms with Crippen LogP contribution in [0.15, 0.2) is 29.2 Å². The van der Waals surface area contributed by atoms with E-state index in [-0.39, 0.29) is 17.5 Å². The fraction of sp³-hybridized carbons (Fsp3) is 0.400. The number of benzene rings is 1. The van der Waals surface area contributed by atoms with Gasteiger partial charge >= 0.3 is 5.97 Å². The monoisotopic (exact) mass is 406 g/mol. The summed E-state index contributed by atoms with van der Waals surface area (Å²) in [7, 11) is 1.62. The lowest BCUT2D eigenvalue weighted by Crippen LogP contribution is -2.25. The summed E-state index contributed by atoms with van der Waals surface area (Å²) in [5.74, 6) is -0.500. The van der Waals surface area contributed by atoms with Gasteiger partial charge in [-0.25, -0.2) is 4.79 Å². The van der Waals surface area contributed by atoms with Gasteiger partial charge in [0, 0.05) is 37.5 Å². The number of fused-ring (bicyclic) bond motifs is 3. The second-order valence-corrected chi connectivity index (χ2v) is 7.43. The number of ether oxygens (including phenoxy) is 2. The van der Waals surface area contributed by atoms with E-state index in [1.54, 1.807) is 19.2 Å². The maximum absolute atomic E-state index is 12.4. The van der Waals surface area contributed by atoms with E-state index in [1.807, 2.05) is 18.4 Å². The van der Waals surface area contributed by atoms with Crippen LogP contribution in [0.25, 0.3) is 11.3 Å². The molecule has 3 rings (SSSR count). The number of pyridine rings is 1. The number of carbonyl (C=O) groups is 1. The van der Waals surface area contributed by atoms with Crippen LogP contribution in [0.3, 0.4) is 0 Å². The highest BCUT2D eigenvalue weighted by Crippen LogP contribution is 2.41. The van der Waals surface area contributed by atoms with E-state index < -0.39 is 11.4 Å². The van der Waals surface area contributed by atoms with Gasteiger partial charge in [-0.2, -0.15) is 0 Å². The zero-order valence-electron chi connectivity index (χ0n) is 16.0. The highest BCUT2D eigenvalue weighted by molar-refractivity contribution is 6.33. The predicted molar refractivity (Wildman–Crippen MR) is 108 cm³/mol. The summed E-state index contributed by atoms with van der Waals surface area (Å²) in [5, 5.41) is 13.0. The zero-order valence-corrected chi connectivity index (χ0v) is 16.7.